The van der Waals surface area contributed by atoms with Crippen LogP contribution in [0.2, 0.25) is 10.0 Å². The van der Waals surface area contributed by atoms with Crippen molar-refractivity contribution in [1.82, 2.24) is 4.98 Å². The van der Waals surface area contributed by atoms with Crippen LogP contribution in [0.1, 0.15) is 11.1 Å². The largest absolute Gasteiger partial charge is 0.383 e. The first kappa shape index (κ1) is 16.3. The van der Waals surface area contributed by atoms with Crippen LogP contribution in [0.15, 0.2) is 48.5 Å². The number of benzene rings is 2. The molecule has 0 bridgehead atoms. The fourth-order valence-electron chi connectivity index (χ4n) is 2.70. The van der Waals surface area contributed by atoms with E-state index in [0.29, 0.717) is 26.9 Å². The number of nitrogens with two attached hydrogens (primary N) is 1. The van der Waals surface area contributed by atoms with E-state index in [4.69, 9.17) is 28.9 Å². The van der Waals surface area contributed by atoms with Crippen molar-refractivity contribution in [2.45, 2.75) is 6.92 Å². The number of hydrogen-bond acceptors (Lipinski definition) is 3. The zero-order chi connectivity index (χ0) is 17.3. The number of aromatic nitrogens is 1. The van der Waals surface area contributed by atoms with Gasteiger partial charge >= 0.3 is 0 Å². The van der Waals surface area contributed by atoms with E-state index in [1.807, 2.05) is 37.3 Å². The van der Waals surface area contributed by atoms with Crippen LogP contribution in [-0.2, 0) is 0 Å². The Bertz CT molecular complexity index is 958. The molecule has 0 amide bonds. The van der Waals surface area contributed by atoms with Crippen LogP contribution >= 0.6 is 23.2 Å². The second-order valence-electron chi connectivity index (χ2n) is 5.32. The van der Waals surface area contributed by atoms with Crippen LogP contribution in [0.5, 0.6) is 0 Å². The molecule has 0 aliphatic carbocycles. The lowest BCUT2D eigenvalue weighted by atomic mass is 9.93. The number of nitriles is 1. The Kier molecular flexibility index (Phi) is 4.44. The van der Waals surface area contributed by atoms with E-state index in [2.05, 4.69) is 11.1 Å². The Morgan fingerprint density at radius 1 is 1.04 bits per heavy atom. The van der Waals surface area contributed by atoms with Gasteiger partial charge in [0.25, 0.3) is 0 Å². The molecular weight excluding hydrogens is 341 g/mol. The van der Waals surface area contributed by atoms with Gasteiger partial charge in [-0.3, -0.25) is 0 Å². The topological polar surface area (TPSA) is 62.7 Å². The van der Waals surface area contributed by atoms with Gasteiger partial charge in [-0.2, -0.15) is 5.26 Å². The lowest BCUT2D eigenvalue weighted by molar-refractivity contribution is 1.26. The summed E-state index contributed by atoms with van der Waals surface area (Å²) in [5.74, 6) is 0.183. The van der Waals surface area contributed by atoms with Crippen molar-refractivity contribution in [2.24, 2.45) is 0 Å². The first-order valence-corrected chi connectivity index (χ1v) is 7.99. The number of anilines is 1. The van der Waals surface area contributed by atoms with Crippen LogP contribution in [0, 0.1) is 18.3 Å². The summed E-state index contributed by atoms with van der Waals surface area (Å²) >= 11 is 12.3. The highest BCUT2D eigenvalue weighted by Crippen LogP contribution is 2.38. The fourth-order valence-corrected chi connectivity index (χ4v) is 3.05. The highest BCUT2D eigenvalue weighted by molar-refractivity contribution is 6.33. The second-order valence-corrected chi connectivity index (χ2v) is 6.16. The van der Waals surface area contributed by atoms with E-state index in [0.717, 1.165) is 16.7 Å². The molecule has 3 nitrogen and oxygen atoms in total. The quantitative estimate of drug-likeness (QED) is 0.662. The minimum Gasteiger partial charge on any atom is -0.383 e. The number of halogens is 2. The van der Waals surface area contributed by atoms with E-state index in [-0.39, 0.29) is 5.82 Å². The van der Waals surface area contributed by atoms with Crippen molar-refractivity contribution in [3.63, 3.8) is 0 Å². The molecule has 1 heterocycles. The maximum Gasteiger partial charge on any atom is 0.142 e. The smallest absolute Gasteiger partial charge is 0.142 e. The monoisotopic (exact) mass is 353 g/mol. The van der Waals surface area contributed by atoms with E-state index < -0.39 is 0 Å². The average molecular weight is 354 g/mol. The van der Waals surface area contributed by atoms with E-state index >= 15 is 0 Å². The Balaban J connectivity index is 2.34. The number of nitrogens with zero attached hydrogens (tertiary/aromatic N) is 2. The number of rotatable bonds is 2. The van der Waals surface area contributed by atoms with Gasteiger partial charge in [-0.15, -0.1) is 0 Å². The number of hydrogen-bond donors (Lipinski definition) is 1. The maximum absolute atomic E-state index is 9.54. The molecule has 5 heteroatoms. The van der Waals surface area contributed by atoms with Crippen molar-refractivity contribution in [3.05, 3.63) is 69.7 Å². The van der Waals surface area contributed by atoms with Gasteiger partial charge in [-0.25, -0.2) is 4.98 Å². The molecule has 0 fully saturated rings. The third-order valence-electron chi connectivity index (χ3n) is 3.84. The highest BCUT2D eigenvalue weighted by Gasteiger charge is 2.19. The van der Waals surface area contributed by atoms with Crippen LogP contribution in [0.25, 0.3) is 22.4 Å². The van der Waals surface area contributed by atoms with E-state index in [9.17, 15) is 5.26 Å². The van der Waals surface area contributed by atoms with E-state index in [1.165, 1.54) is 0 Å². The molecule has 2 N–H and O–H groups in total. The molecule has 0 saturated heterocycles. The van der Waals surface area contributed by atoms with Gasteiger partial charge in [-0.05, 0) is 30.7 Å². The molecule has 3 rings (SSSR count). The first-order chi connectivity index (χ1) is 11.5. The van der Waals surface area contributed by atoms with Gasteiger partial charge in [0, 0.05) is 26.7 Å². The SMILES string of the molecule is Cc1c(-c2ccc(Cl)cc2)nc(N)c(C#N)c1-c1ccccc1Cl. The summed E-state index contributed by atoms with van der Waals surface area (Å²) in [6, 6.07) is 16.9. The third-order valence-corrected chi connectivity index (χ3v) is 4.42. The number of pyridine rings is 1. The minimum absolute atomic E-state index is 0.183. The molecule has 118 valence electrons. The molecule has 24 heavy (non-hydrogen) atoms. The van der Waals surface area contributed by atoms with Crippen LogP contribution in [-0.4, -0.2) is 4.98 Å². The van der Waals surface area contributed by atoms with Crippen molar-refractivity contribution in [2.75, 3.05) is 5.73 Å². The Morgan fingerprint density at radius 2 is 1.71 bits per heavy atom. The van der Waals surface area contributed by atoms with Gasteiger partial charge in [0.1, 0.15) is 17.5 Å². The molecule has 0 atom stereocenters. The number of nitrogen functional groups attached to an aromatic ring is 1. The molecule has 0 saturated carbocycles. The zero-order valence-corrected chi connectivity index (χ0v) is 14.4. The molecule has 2 aromatic carbocycles. The molecular formula is C19H13Cl2N3. The Morgan fingerprint density at radius 3 is 2.33 bits per heavy atom. The highest BCUT2D eigenvalue weighted by atomic mass is 35.5. The third kappa shape index (κ3) is 2.82. The summed E-state index contributed by atoms with van der Waals surface area (Å²) < 4.78 is 0. The molecule has 0 spiro atoms. The molecule has 0 unspecified atom stereocenters. The van der Waals surface area contributed by atoms with Crippen LogP contribution in [0.3, 0.4) is 0 Å². The predicted molar refractivity (Wildman–Crippen MR) is 99.0 cm³/mol. The Hall–Kier alpha value is -2.54. The maximum atomic E-state index is 9.54. The first-order valence-electron chi connectivity index (χ1n) is 7.24. The lowest BCUT2D eigenvalue weighted by Gasteiger charge is -2.16. The van der Waals surface area contributed by atoms with Gasteiger partial charge in [-0.1, -0.05) is 53.5 Å². The molecule has 0 aliphatic heterocycles. The lowest BCUT2D eigenvalue weighted by Crippen LogP contribution is -2.03. The summed E-state index contributed by atoms with van der Waals surface area (Å²) in [6.45, 7) is 1.91. The van der Waals surface area contributed by atoms with Gasteiger partial charge in [0.2, 0.25) is 0 Å². The average Bonchev–Trinajstić information content (AvgIpc) is 2.58. The summed E-state index contributed by atoms with van der Waals surface area (Å²) in [7, 11) is 0. The van der Waals surface area contributed by atoms with Gasteiger partial charge in [0.05, 0.1) is 5.69 Å². The Labute approximate surface area is 150 Å². The summed E-state index contributed by atoms with van der Waals surface area (Å²) in [5, 5.41) is 10.7. The van der Waals surface area contributed by atoms with Gasteiger partial charge in [0.15, 0.2) is 0 Å². The van der Waals surface area contributed by atoms with E-state index in [1.54, 1.807) is 18.2 Å². The van der Waals surface area contributed by atoms with Crippen molar-refractivity contribution < 1.29 is 0 Å². The zero-order valence-electron chi connectivity index (χ0n) is 12.8. The summed E-state index contributed by atoms with van der Waals surface area (Å²) in [6.07, 6.45) is 0. The second kappa shape index (κ2) is 6.52. The van der Waals surface area contributed by atoms with Crippen molar-refractivity contribution in [1.29, 1.82) is 5.26 Å². The minimum atomic E-state index is 0.183. The van der Waals surface area contributed by atoms with Gasteiger partial charge < -0.3 is 5.73 Å². The van der Waals surface area contributed by atoms with Crippen LogP contribution in [0.4, 0.5) is 5.82 Å². The summed E-state index contributed by atoms with van der Waals surface area (Å²) in [5.41, 5.74) is 10.3. The molecule has 0 radical (unpaired) electrons. The predicted octanol–water partition coefficient (Wildman–Crippen LogP) is 5.48. The molecule has 0 aliphatic rings. The normalized spacial score (nSPS) is 10.4. The molecule has 1 aromatic heterocycles. The van der Waals surface area contributed by atoms with Crippen LogP contribution < -0.4 is 5.73 Å². The van der Waals surface area contributed by atoms with Crippen molar-refractivity contribution >= 4 is 29.0 Å². The van der Waals surface area contributed by atoms with Crippen molar-refractivity contribution in [3.8, 4) is 28.5 Å². The summed E-state index contributed by atoms with van der Waals surface area (Å²) in [4.78, 5) is 4.43. The standard InChI is InChI=1S/C19H13Cl2N3/c1-11-17(14-4-2-3-5-16(14)21)15(10-22)19(23)24-18(11)12-6-8-13(20)9-7-12/h2-9H,1H3,(H2,23,24). The molecule has 3 aromatic rings. The fraction of sp³-hybridized carbons (Fsp3) is 0.0526.